The molecule has 4 heterocycles. The monoisotopic (exact) mass is 483 g/mol. The van der Waals surface area contributed by atoms with E-state index in [1.165, 1.54) is 5.56 Å². The SMILES string of the molecule is COc1ccc(C(C)N2CCN(c3ccc(-c4nc(C)cc(Cc5cc(C)[nH]n5)n4)cn3)CC2)cc1. The van der Waals surface area contributed by atoms with E-state index in [-0.39, 0.29) is 0 Å². The van der Waals surface area contributed by atoms with E-state index >= 15 is 0 Å². The van der Waals surface area contributed by atoms with Gasteiger partial charge in [-0.3, -0.25) is 10.00 Å². The first-order valence-electron chi connectivity index (χ1n) is 12.4. The minimum absolute atomic E-state index is 0.367. The van der Waals surface area contributed by atoms with Crippen LogP contribution in [0.3, 0.4) is 0 Å². The summed E-state index contributed by atoms with van der Waals surface area (Å²) in [5, 5.41) is 7.33. The van der Waals surface area contributed by atoms with Crippen LogP contribution in [0, 0.1) is 13.8 Å². The number of pyridine rings is 1. The van der Waals surface area contributed by atoms with Gasteiger partial charge in [0.1, 0.15) is 11.6 Å². The van der Waals surface area contributed by atoms with Crippen molar-refractivity contribution in [3.05, 3.63) is 83.1 Å². The number of aryl methyl sites for hydroxylation is 2. The molecule has 1 fully saturated rings. The van der Waals surface area contributed by atoms with Gasteiger partial charge in [-0.2, -0.15) is 5.10 Å². The van der Waals surface area contributed by atoms with E-state index in [0.717, 1.165) is 66.1 Å². The summed E-state index contributed by atoms with van der Waals surface area (Å²) in [4.78, 5) is 19.1. The summed E-state index contributed by atoms with van der Waals surface area (Å²) in [6.45, 7) is 10.2. The van der Waals surface area contributed by atoms with E-state index in [1.807, 2.05) is 44.3 Å². The number of H-pyrrole nitrogens is 1. The van der Waals surface area contributed by atoms with Crippen molar-refractivity contribution in [1.29, 1.82) is 0 Å². The summed E-state index contributed by atoms with van der Waals surface area (Å²) in [6, 6.07) is 17.0. The first-order valence-corrected chi connectivity index (χ1v) is 12.4. The smallest absolute Gasteiger partial charge is 0.161 e. The molecule has 36 heavy (non-hydrogen) atoms. The number of hydrogen-bond acceptors (Lipinski definition) is 7. The Balaban J connectivity index is 1.22. The van der Waals surface area contributed by atoms with Gasteiger partial charge >= 0.3 is 0 Å². The number of aromatic nitrogens is 5. The molecule has 0 radical (unpaired) electrons. The maximum Gasteiger partial charge on any atom is 0.161 e. The van der Waals surface area contributed by atoms with Crippen molar-refractivity contribution < 1.29 is 4.74 Å². The van der Waals surface area contributed by atoms with Gasteiger partial charge in [-0.25, -0.2) is 15.0 Å². The number of aromatic amines is 1. The Kier molecular flexibility index (Phi) is 6.95. The van der Waals surface area contributed by atoms with Crippen LogP contribution >= 0.6 is 0 Å². The second-order valence-electron chi connectivity index (χ2n) is 9.42. The Morgan fingerprint density at radius 2 is 1.72 bits per heavy atom. The van der Waals surface area contributed by atoms with Crippen LogP contribution < -0.4 is 9.64 Å². The maximum absolute atomic E-state index is 5.29. The van der Waals surface area contributed by atoms with Crippen molar-refractivity contribution in [2.45, 2.75) is 33.2 Å². The molecule has 0 spiro atoms. The Hall–Kier alpha value is -3.78. The zero-order valence-electron chi connectivity index (χ0n) is 21.4. The number of piperazine rings is 1. The zero-order valence-corrected chi connectivity index (χ0v) is 21.4. The number of anilines is 1. The molecule has 4 aromatic rings. The normalized spacial score (nSPS) is 15.2. The fourth-order valence-electron chi connectivity index (χ4n) is 4.74. The van der Waals surface area contributed by atoms with Crippen LogP contribution in [0.25, 0.3) is 11.4 Å². The Bertz CT molecular complexity index is 1290. The summed E-state index contributed by atoms with van der Waals surface area (Å²) in [7, 11) is 1.70. The van der Waals surface area contributed by atoms with Crippen LogP contribution in [-0.4, -0.2) is 63.3 Å². The molecule has 1 aliphatic rings. The number of nitrogens with zero attached hydrogens (tertiary/aromatic N) is 6. The Morgan fingerprint density at radius 1 is 0.944 bits per heavy atom. The average Bonchev–Trinajstić information content (AvgIpc) is 3.32. The third-order valence-electron chi connectivity index (χ3n) is 6.82. The number of nitrogens with one attached hydrogen (secondary N) is 1. The maximum atomic E-state index is 5.29. The van der Waals surface area contributed by atoms with E-state index in [0.29, 0.717) is 18.3 Å². The van der Waals surface area contributed by atoms with E-state index < -0.39 is 0 Å². The molecule has 8 nitrogen and oxygen atoms in total. The van der Waals surface area contributed by atoms with Gasteiger partial charge < -0.3 is 9.64 Å². The van der Waals surface area contributed by atoms with Crippen LogP contribution in [0.2, 0.25) is 0 Å². The van der Waals surface area contributed by atoms with Crippen LogP contribution in [0.15, 0.2) is 54.7 Å². The molecular weight excluding hydrogens is 450 g/mol. The lowest BCUT2D eigenvalue weighted by Crippen LogP contribution is -2.47. The Morgan fingerprint density at radius 3 is 2.36 bits per heavy atom. The fourth-order valence-corrected chi connectivity index (χ4v) is 4.74. The van der Waals surface area contributed by atoms with Gasteiger partial charge in [0.05, 0.1) is 18.5 Å². The van der Waals surface area contributed by atoms with Gasteiger partial charge in [0, 0.05) is 61.8 Å². The minimum Gasteiger partial charge on any atom is -0.497 e. The average molecular weight is 484 g/mol. The second-order valence-corrected chi connectivity index (χ2v) is 9.42. The lowest BCUT2D eigenvalue weighted by atomic mass is 10.1. The molecule has 186 valence electrons. The molecule has 1 aromatic carbocycles. The van der Waals surface area contributed by atoms with Crippen molar-refractivity contribution in [2.75, 3.05) is 38.2 Å². The van der Waals surface area contributed by atoms with E-state index in [2.05, 4.69) is 56.2 Å². The molecule has 1 N–H and O–H groups in total. The third kappa shape index (κ3) is 5.39. The van der Waals surface area contributed by atoms with Crippen LogP contribution in [0.4, 0.5) is 5.82 Å². The second kappa shape index (κ2) is 10.5. The molecule has 0 aliphatic carbocycles. The molecule has 0 saturated carbocycles. The van der Waals surface area contributed by atoms with E-state index in [1.54, 1.807) is 7.11 Å². The van der Waals surface area contributed by atoms with E-state index in [9.17, 15) is 0 Å². The highest BCUT2D eigenvalue weighted by atomic mass is 16.5. The quantitative estimate of drug-likeness (QED) is 0.418. The predicted octanol–water partition coefficient (Wildman–Crippen LogP) is 4.36. The molecule has 0 bridgehead atoms. The summed E-state index contributed by atoms with van der Waals surface area (Å²) in [6.07, 6.45) is 2.56. The summed E-state index contributed by atoms with van der Waals surface area (Å²) < 4.78 is 5.29. The molecular formula is C28H33N7O. The van der Waals surface area contributed by atoms with Gasteiger partial charge in [-0.15, -0.1) is 0 Å². The highest BCUT2D eigenvalue weighted by Crippen LogP contribution is 2.26. The van der Waals surface area contributed by atoms with Gasteiger partial charge in [-0.05, 0) is 62.7 Å². The molecule has 3 aromatic heterocycles. The molecule has 1 unspecified atom stereocenters. The highest BCUT2D eigenvalue weighted by molar-refractivity contribution is 5.57. The minimum atomic E-state index is 0.367. The van der Waals surface area contributed by atoms with Gasteiger partial charge in [-0.1, -0.05) is 12.1 Å². The van der Waals surface area contributed by atoms with Crippen LogP contribution in [0.5, 0.6) is 5.75 Å². The van der Waals surface area contributed by atoms with Crippen molar-refractivity contribution in [3.63, 3.8) is 0 Å². The lowest BCUT2D eigenvalue weighted by molar-refractivity contribution is 0.198. The number of hydrogen-bond donors (Lipinski definition) is 1. The topological polar surface area (TPSA) is 83.1 Å². The van der Waals surface area contributed by atoms with Crippen molar-refractivity contribution in [3.8, 4) is 17.1 Å². The van der Waals surface area contributed by atoms with Crippen LogP contribution in [0.1, 0.15) is 41.3 Å². The largest absolute Gasteiger partial charge is 0.497 e. The number of benzene rings is 1. The fraction of sp³-hybridized carbons (Fsp3) is 0.357. The van der Waals surface area contributed by atoms with Crippen LogP contribution in [-0.2, 0) is 6.42 Å². The van der Waals surface area contributed by atoms with Crippen molar-refractivity contribution >= 4 is 5.82 Å². The van der Waals surface area contributed by atoms with Crippen molar-refractivity contribution in [2.24, 2.45) is 0 Å². The van der Waals surface area contributed by atoms with Crippen molar-refractivity contribution in [1.82, 2.24) is 30.0 Å². The molecule has 1 atom stereocenters. The standard InChI is InChI=1S/C28H33N7O/c1-19-15-24(17-25-16-20(2)32-33-25)31-28(30-19)23-7-10-27(29-18-23)35-13-11-34(12-14-35)21(3)22-5-8-26(36-4)9-6-22/h5-10,15-16,18,21H,11-14,17H2,1-4H3,(H,32,33). The highest BCUT2D eigenvalue weighted by Gasteiger charge is 2.23. The number of methoxy groups -OCH3 is 1. The summed E-state index contributed by atoms with van der Waals surface area (Å²) in [5.74, 6) is 2.59. The zero-order chi connectivity index (χ0) is 25.1. The van der Waals surface area contributed by atoms with E-state index in [4.69, 9.17) is 14.7 Å². The van der Waals surface area contributed by atoms with Gasteiger partial charge in [0.15, 0.2) is 5.82 Å². The summed E-state index contributed by atoms with van der Waals surface area (Å²) in [5.41, 5.74) is 6.15. The van der Waals surface area contributed by atoms with Gasteiger partial charge in [0.2, 0.25) is 0 Å². The molecule has 1 saturated heterocycles. The molecule has 8 heteroatoms. The molecule has 1 aliphatic heterocycles. The molecule has 0 amide bonds. The molecule has 5 rings (SSSR count). The Labute approximate surface area is 212 Å². The first kappa shape index (κ1) is 23.9. The number of ether oxygens (including phenoxy) is 1. The number of rotatable bonds is 7. The lowest BCUT2D eigenvalue weighted by Gasteiger charge is -2.38. The van der Waals surface area contributed by atoms with Gasteiger partial charge in [0.25, 0.3) is 0 Å². The first-order chi connectivity index (χ1) is 17.5. The predicted molar refractivity (Wildman–Crippen MR) is 141 cm³/mol. The third-order valence-corrected chi connectivity index (χ3v) is 6.82. The summed E-state index contributed by atoms with van der Waals surface area (Å²) >= 11 is 0.